The fourth-order valence-corrected chi connectivity index (χ4v) is 1.98. The lowest BCUT2D eigenvalue weighted by molar-refractivity contribution is 0.572. The molecular weight excluding hydrogens is 210 g/mol. The quantitative estimate of drug-likeness (QED) is 0.824. The summed E-state index contributed by atoms with van der Waals surface area (Å²) in [4.78, 5) is 9.21. The van der Waals surface area contributed by atoms with Crippen LogP contribution in [0.3, 0.4) is 0 Å². The van der Waals surface area contributed by atoms with Crippen LogP contribution in [0.25, 0.3) is 0 Å². The molecule has 1 aromatic heterocycles. The molecular formula is C14H25N3. The molecule has 17 heavy (non-hydrogen) atoms. The molecule has 1 rings (SSSR count). The predicted molar refractivity (Wildman–Crippen MR) is 72.0 cm³/mol. The molecule has 0 unspecified atom stereocenters. The molecule has 0 spiro atoms. The molecule has 0 fully saturated rings. The Kier molecular flexibility index (Phi) is 5.56. The summed E-state index contributed by atoms with van der Waals surface area (Å²) in [6.45, 7) is 9.36. The van der Waals surface area contributed by atoms with Gasteiger partial charge in [0, 0.05) is 17.8 Å². The van der Waals surface area contributed by atoms with Crippen molar-refractivity contribution in [3.8, 4) is 0 Å². The number of hydrogen-bond donors (Lipinski definition) is 1. The smallest absolute Gasteiger partial charge is 0.128 e. The van der Waals surface area contributed by atoms with Gasteiger partial charge in [0.15, 0.2) is 0 Å². The van der Waals surface area contributed by atoms with Crippen molar-refractivity contribution in [1.82, 2.24) is 9.97 Å². The third kappa shape index (κ3) is 4.43. The van der Waals surface area contributed by atoms with E-state index in [4.69, 9.17) is 5.73 Å². The molecule has 0 aliphatic rings. The van der Waals surface area contributed by atoms with Crippen molar-refractivity contribution in [1.29, 1.82) is 0 Å². The highest BCUT2D eigenvalue weighted by atomic mass is 14.9. The third-order valence-corrected chi connectivity index (χ3v) is 3.04. The molecule has 0 radical (unpaired) electrons. The minimum atomic E-state index is 0.705. The largest absolute Gasteiger partial charge is 0.330 e. The molecule has 96 valence electrons. The van der Waals surface area contributed by atoms with Crippen molar-refractivity contribution in [2.45, 2.75) is 53.4 Å². The highest BCUT2D eigenvalue weighted by Gasteiger charge is 2.08. The maximum atomic E-state index is 5.55. The second-order valence-corrected chi connectivity index (χ2v) is 5.11. The van der Waals surface area contributed by atoms with Gasteiger partial charge in [-0.15, -0.1) is 0 Å². The first-order valence-electron chi connectivity index (χ1n) is 6.57. The van der Waals surface area contributed by atoms with Gasteiger partial charge < -0.3 is 5.73 Å². The van der Waals surface area contributed by atoms with E-state index in [1.807, 2.05) is 0 Å². The molecule has 0 atom stereocenters. The number of hydrogen-bond acceptors (Lipinski definition) is 3. The van der Waals surface area contributed by atoms with Gasteiger partial charge in [-0.2, -0.15) is 0 Å². The lowest BCUT2D eigenvalue weighted by Crippen LogP contribution is -2.08. The first-order valence-corrected chi connectivity index (χ1v) is 6.57. The van der Waals surface area contributed by atoms with Crippen molar-refractivity contribution in [2.75, 3.05) is 6.54 Å². The number of rotatable bonds is 6. The van der Waals surface area contributed by atoms with E-state index in [1.54, 1.807) is 0 Å². The Labute approximate surface area is 105 Å². The van der Waals surface area contributed by atoms with Crippen LogP contribution in [0.5, 0.6) is 0 Å². The SMILES string of the molecule is Cc1nc(CCC(C)C)nc(C)c1CCCN. The zero-order chi connectivity index (χ0) is 12.8. The van der Waals surface area contributed by atoms with Gasteiger partial charge in [-0.25, -0.2) is 9.97 Å². The summed E-state index contributed by atoms with van der Waals surface area (Å²) in [5.41, 5.74) is 9.09. The van der Waals surface area contributed by atoms with E-state index in [2.05, 4.69) is 37.7 Å². The average molecular weight is 235 g/mol. The standard InChI is InChI=1S/C14H25N3/c1-10(2)7-8-14-16-11(3)13(6-5-9-15)12(4)17-14/h10H,5-9,15H2,1-4H3. The van der Waals surface area contributed by atoms with E-state index in [9.17, 15) is 0 Å². The Balaban J connectivity index is 2.78. The topological polar surface area (TPSA) is 51.8 Å². The molecule has 0 aliphatic carbocycles. The Morgan fingerprint density at radius 3 is 2.12 bits per heavy atom. The van der Waals surface area contributed by atoms with Crippen LogP contribution in [0.15, 0.2) is 0 Å². The minimum absolute atomic E-state index is 0.705. The van der Waals surface area contributed by atoms with Crippen LogP contribution in [0.1, 0.15) is 49.5 Å². The highest BCUT2D eigenvalue weighted by Crippen LogP contribution is 2.14. The van der Waals surface area contributed by atoms with Crippen LogP contribution in [-0.4, -0.2) is 16.5 Å². The molecule has 0 aromatic carbocycles. The van der Waals surface area contributed by atoms with Crippen LogP contribution in [0.2, 0.25) is 0 Å². The van der Waals surface area contributed by atoms with Gasteiger partial charge in [-0.3, -0.25) is 0 Å². The van der Waals surface area contributed by atoms with Crippen molar-refractivity contribution in [2.24, 2.45) is 11.7 Å². The molecule has 0 bridgehead atoms. The summed E-state index contributed by atoms with van der Waals surface area (Å²) in [6, 6.07) is 0. The van der Waals surface area contributed by atoms with Crippen LogP contribution < -0.4 is 5.73 Å². The van der Waals surface area contributed by atoms with Crippen LogP contribution in [-0.2, 0) is 12.8 Å². The normalized spacial score (nSPS) is 11.2. The van der Waals surface area contributed by atoms with E-state index in [0.29, 0.717) is 5.92 Å². The lowest BCUT2D eigenvalue weighted by Gasteiger charge is -2.11. The molecule has 2 N–H and O–H groups in total. The molecule has 0 saturated carbocycles. The number of aryl methyl sites for hydroxylation is 3. The molecule has 1 heterocycles. The Morgan fingerprint density at radius 1 is 1.06 bits per heavy atom. The molecule has 3 heteroatoms. The van der Waals surface area contributed by atoms with E-state index >= 15 is 0 Å². The summed E-state index contributed by atoms with van der Waals surface area (Å²) < 4.78 is 0. The molecule has 0 saturated heterocycles. The fraction of sp³-hybridized carbons (Fsp3) is 0.714. The van der Waals surface area contributed by atoms with Crippen LogP contribution in [0, 0.1) is 19.8 Å². The predicted octanol–water partition coefficient (Wildman–Crippen LogP) is 2.57. The van der Waals surface area contributed by atoms with Crippen molar-refractivity contribution < 1.29 is 0 Å². The summed E-state index contributed by atoms with van der Waals surface area (Å²) in [7, 11) is 0. The van der Waals surface area contributed by atoms with Crippen molar-refractivity contribution in [3.05, 3.63) is 22.8 Å². The summed E-state index contributed by atoms with van der Waals surface area (Å²) in [5.74, 6) is 1.70. The first kappa shape index (κ1) is 14.1. The maximum Gasteiger partial charge on any atom is 0.128 e. The first-order chi connectivity index (χ1) is 8.04. The second kappa shape index (κ2) is 6.70. The molecule has 0 aliphatic heterocycles. The Bertz CT molecular complexity index is 335. The summed E-state index contributed by atoms with van der Waals surface area (Å²) in [6.07, 6.45) is 4.15. The molecule has 1 aromatic rings. The summed E-state index contributed by atoms with van der Waals surface area (Å²) in [5, 5.41) is 0. The lowest BCUT2D eigenvalue weighted by atomic mass is 10.1. The van der Waals surface area contributed by atoms with E-state index < -0.39 is 0 Å². The van der Waals surface area contributed by atoms with Gasteiger partial charge in [-0.1, -0.05) is 13.8 Å². The van der Waals surface area contributed by atoms with Gasteiger partial charge in [0.1, 0.15) is 5.82 Å². The fourth-order valence-electron chi connectivity index (χ4n) is 1.98. The van der Waals surface area contributed by atoms with Gasteiger partial charge in [0.2, 0.25) is 0 Å². The van der Waals surface area contributed by atoms with Crippen LogP contribution in [0.4, 0.5) is 0 Å². The van der Waals surface area contributed by atoms with E-state index in [1.165, 1.54) is 5.56 Å². The summed E-state index contributed by atoms with van der Waals surface area (Å²) >= 11 is 0. The van der Waals surface area contributed by atoms with E-state index in [0.717, 1.165) is 49.4 Å². The zero-order valence-corrected chi connectivity index (χ0v) is 11.6. The zero-order valence-electron chi connectivity index (χ0n) is 11.6. The molecule has 3 nitrogen and oxygen atoms in total. The van der Waals surface area contributed by atoms with E-state index in [-0.39, 0.29) is 0 Å². The minimum Gasteiger partial charge on any atom is -0.330 e. The van der Waals surface area contributed by atoms with Gasteiger partial charge in [0.25, 0.3) is 0 Å². The van der Waals surface area contributed by atoms with Gasteiger partial charge in [0.05, 0.1) is 0 Å². The average Bonchev–Trinajstić information content (AvgIpc) is 2.25. The van der Waals surface area contributed by atoms with Gasteiger partial charge in [-0.05, 0) is 51.1 Å². The van der Waals surface area contributed by atoms with Crippen molar-refractivity contribution in [3.63, 3.8) is 0 Å². The second-order valence-electron chi connectivity index (χ2n) is 5.11. The maximum absolute atomic E-state index is 5.55. The monoisotopic (exact) mass is 235 g/mol. The van der Waals surface area contributed by atoms with Gasteiger partial charge >= 0.3 is 0 Å². The Morgan fingerprint density at radius 2 is 1.65 bits per heavy atom. The number of nitrogens with two attached hydrogens (primary N) is 1. The molecule has 0 amide bonds. The Hall–Kier alpha value is -0.960. The van der Waals surface area contributed by atoms with Crippen molar-refractivity contribution >= 4 is 0 Å². The van der Waals surface area contributed by atoms with Crippen LogP contribution >= 0.6 is 0 Å². The third-order valence-electron chi connectivity index (χ3n) is 3.04. The number of nitrogens with zero attached hydrogens (tertiary/aromatic N) is 2. The highest BCUT2D eigenvalue weighted by molar-refractivity contribution is 5.24. The number of aromatic nitrogens is 2.